The average Bonchev–Trinajstić information content (AvgIpc) is 2.54. The van der Waals surface area contributed by atoms with Gasteiger partial charge in [0.15, 0.2) is 0 Å². The number of sulfonamides is 1. The molecular weight excluding hydrogens is 378 g/mol. The fourth-order valence-electron chi connectivity index (χ4n) is 1.37. The summed E-state index contributed by atoms with van der Waals surface area (Å²) in [7, 11) is -3.90. The molecule has 0 aliphatic carbocycles. The number of carboxylic acid groups (broad SMARTS) is 1. The molecule has 108 valence electrons. The van der Waals surface area contributed by atoms with Crippen molar-refractivity contribution in [3.63, 3.8) is 0 Å². The Morgan fingerprint density at radius 3 is 2.37 bits per heavy atom. The third-order valence-electron chi connectivity index (χ3n) is 2.19. The van der Waals surface area contributed by atoms with E-state index in [2.05, 4.69) is 15.9 Å². The smallest absolute Gasteiger partial charge is 0.318 e. The minimum absolute atomic E-state index is 0.0144. The summed E-state index contributed by atoms with van der Waals surface area (Å²) in [5.74, 6) is -1.21. The molecule has 1 N–H and O–H groups in total. The molecule has 0 bridgehead atoms. The number of hydrogen-bond donors (Lipinski definition) is 1. The van der Waals surface area contributed by atoms with E-state index in [1.807, 2.05) is 0 Å². The number of hydrogen-bond acceptors (Lipinski definition) is 4. The predicted octanol–water partition coefficient (Wildman–Crippen LogP) is 3.04. The molecule has 0 saturated carbocycles. The highest BCUT2D eigenvalue weighted by molar-refractivity contribution is 9.11. The molecule has 5 nitrogen and oxygen atoms in total. The number of carbonyl (C=O) groups is 1. The Hall–Kier alpha value is -0.150. The van der Waals surface area contributed by atoms with Gasteiger partial charge in [0.1, 0.15) is 10.8 Å². The minimum Gasteiger partial charge on any atom is -0.480 e. The van der Waals surface area contributed by atoms with Crippen LogP contribution < -0.4 is 0 Å². The maximum absolute atomic E-state index is 12.5. The fraction of sp³-hybridized carbons (Fsp3) is 0.500. The van der Waals surface area contributed by atoms with Crippen molar-refractivity contribution >= 4 is 54.9 Å². The quantitative estimate of drug-likeness (QED) is 0.857. The molecule has 19 heavy (non-hydrogen) atoms. The van der Waals surface area contributed by atoms with Gasteiger partial charge in [-0.25, -0.2) is 8.42 Å². The Bertz CT molecular complexity index is 572. The van der Waals surface area contributed by atoms with Gasteiger partial charge < -0.3 is 5.11 Å². The highest BCUT2D eigenvalue weighted by Crippen LogP contribution is 2.37. The second-order valence-corrected chi connectivity index (χ2v) is 9.63. The molecule has 9 heteroatoms. The lowest BCUT2D eigenvalue weighted by atomic mass is 10.1. The van der Waals surface area contributed by atoms with Crippen LogP contribution in [0, 0.1) is 0 Å². The summed E-state index contributed by atoms with van der Waals surface area (Å²) in [5.41, 5.74) is -0.847. The summed E-state index contributed by atoms with van der Waals surface area (Å²) in [4.78, 5) is 10.9. The van der Waals surface area contributed by atoms with Crippen molar-refractivity contribution < 1.29 is 18.3 Å². The zero-order chi connectivity index (χ0) is 15.0. The number of aliphatic carboxylic acids is 1. The second-order valence-electron chi connectivity index (χ2n) is 4.76. The molecule has 0 fully saturated rings. The molecule has 0 aromatic carbocycles. The lowest BCUT2D eigenvalue weighted by molar-refractivity contribution is -0.138. The van der Waals surface area contributed by atoms with Crippen molar-refractivity contribution in [2.24, 2.45) is 0 Å². The summed E-state index contributed by atoms with van der Waals surface area (Å²) in [5, 5.41) is 9.16. The Kier molecular flexibility index (Phi) is 5.06. The van der Waals surface area contributed by atoms with E-state index in [9.17, 15) is 13.2 Å². The molecule has 0 atom stereocenters. The van der Waals surface area contributed by atoms with E-state index >= 15 is 0 Å². The van der Waals surface area contributed by atoms with Gasteiger partial charge in [-0.1, -0.05) is 11.6 Å². The largest absolute Gasteiger partial charge is 0.480 e. The van der Waals surface area contributed by atoms with Crippen LogP contribution in [0.5, 0.6) is 0 Å². The molecule has 1 heterocycles. The second kappa shape index (κ2) is 5.69. The number of rotatable bonds is 4. The van der Waals surface area contributed by atoms with E-state index in [1.54, 1.807) is 20.8 Å². The van der Waals surface area contributed by atoms with E-state index < -0.39 is 28.1 Å². The first-order valence-electron chi connectivity index (χ1n) is 5.15. The summed E-state index contributed by atoms with van der Waals surface area (Å²) >= 11 is 9.93. The number of nitrogens with zero attached hydrogens (tertiary/aromatic N) is 1. The zero-order valence-electron chi connectivity index (χ0n) is 10.5. The van der Waals surface area contributed by atoms with Crippen molar-refractivity contribution in [1.29, 1.82) is 0 Å². The molecule has 0 aliphatic heterocycles. The third-order valence-corrected chi connectivity index (χ3v) is 7.23. The Morgan fingerprint density at radius 2 is 2.05 bits per heavy atom. The van der Waals surface area contributed by atoms with Crippen molar-refractivity contribution in [1.82, 2.24) is 4.31 Å². The SMILES string of the molecule is CC(C)(C)N(CC(=O)O)S(=O)(=O)c1cc(Cl)c(Br)s1. The molecule has 0 saturated heterocycles. The summed E-state index contributed by atoms with van der Waals surface area (Å²) in [6.45, 7) is 4.31. The van der Waals surface area contributed by atoms with Gasteiger partial charge in [0.05, 0.1) is 8.81 Å². The topological polar surface area (TPSA) is 74.7 Å². The standard InChI is InChI=1S/C10H13BrClNO4S2/c1-10(2,3)13(5-7(14)15)19(16,17)8-4-6(12)9(11)18-8/h4H,5H2,1-3H3,(H,14,15). The summed E-state index contributed by atoms with van der Waals surface area (Å²) in [6.07, 6.45) is 0. The van der Waals surface area contributed by atoms with Crippen LogP contribution in [0.15, 0.2) is 14.1 Å². The molecule has 0 amide bonds. The van der Waals surface area contributed by atoms with Gasteiger partial charge in [-0.2, -0.15) is 4.31 Å². The Balaban J connectivity index is 3.31. The summed E-state index contributed by atoms with van der Waals surface area (Å²) in [6, 6.07) is 1.31. The molecule has 1 aromatic heterocycles. The van der Waals surface area contributed by atoms with Crippen LogP contribution in [0.3, 0.4) is 0 Å². The first kappa shape index (κ1) is 16.9. The van der Waals surface area contributed by atoms with Gasteiger partial charge >= 0.3 is 5.97 Å². The third kappa shape index (κ3) is 3.91. The first-order valence-corrected chi connectivity index (χ1v) is 8.58. The van der Waals surface area contributed by atoms with Gasteiger partial charge in [0.2, 0.25) is 0 Å². The van der Waals surface area contributed by atoms with E-state index in [-0.39, 0.29) is 9.23 Å². The lowest BCUT2D eigenvalue weighted by Gasteiger charge is -2.32. The molecule has 0 spiro atoms. The highest BCUT2D eigenvalue weighted by Gasteiger charge is 2.36. The van der Waals surface area contributed by atoms with Crippen molar-refractivity contribution in [3.05, 3.63) is 14.9 Å². The van der Waals surface area contributed by atoms with Gasteiger partial charge in [-0.3, -0.25) is 4.79 Å². The minimum atomic E-state index is -3.90. The first-order chi connectivity index (χ1) is 8.46. The molecular formula is C10H13BrClNO4S2. The lowest BCUT2D eigenvalue weighted by Crippen LogP contribution is -2.47. The fourth-order valence-corrected chi connectivity index (χ4v) is 5.62. The van der Waals surface area contributed by atoms with Crippen LogP contribution in [0.25, 0.3) is 0 Å². The summed E-state index contributed by atoms with van der Waals surface area (Å²) < 4.78 is 26.4. The molecule has 1 aromatic rings. The van der Waals surface area contributed by atoms with Crippen LogP contribution in [0.4, 0.5) is 0 Å². The molecule has 0 aliphatic rings. The molecule has 0 unspecified atom stereocenters. The molecule has 1 rings (SSSR count). The normalized spacial score (nSPS) is 12.9. The Morgan fingerprint density at radius 1 is 1.53 bits per heavy atom. The number of carboxylic acids is 1. The van der Waals surface area contributed by atoms with Gasteiger partial charge in [-0.05, 0) is 42.8 Å². The number of halogens is 2. The maximum Gasteiger partial charge on any atom is 0.318 e. The van der Waals surface area contributed by atoms with E-state index in [4.69, 9.17) is 16.7 Å². The predicted molar refractivity (Wildman–Crippen MR) is 78.3 cm³/mol. The van der Waals surface area contributed by atoms with Crippen molar-refractivity contribution in [2.75, 3.05) is 6.54 Å². The van der Waals surface area contributed by atoms with E-state index in [0.717, 1.165) is 15.6 Å². The van der Waals surface area contributed by atoms with Crippen LogP contribution in [-0.2, 0) is 14.8 Å². The van der Waals surface area contributed by atoms with Crippen LogP contribution >= 0.6 is 38.9 Å². The van der Waals surface area contributed by atoms with Gasteiger partial charge in [0, 0.05) is 5.54 Å². The van der Waals surface area contributed by atoms with E-state index in [1.165, 1.54) is 6.07 Å². The monoisotopic (exact) mass is 389 g/mol. The van der Waals surface area contributed by atoms with Crippen molar-refractivity contribution in [3.8, 4) is 0 Å². The average molecular weight is 391 g/mol. The van der Waals surface area contributed by atoms with Crippen LogP contribution in [0.2, 0.25) is 5.02 Å². The highest BCUT2D eigenvalue weighted by atomic mass is 79.9. The Labute approximate surface area is 129 Å². The number of thiophene rings is 1. The van der Waals surface area contributed by atoms with Crippen LogP contribution in [-0.4, -0.2) is 35.9 Å². The molecule has 0 radical (unpaired) electrons. The van der Waals surface area contributed by atoms with E-state index in [0.29, 0.717) is 3.79 Å². The maximum atomic E-state index is 12.5. The van der Waals surface area contributed by atoms with Crippen LogP contribution in [0.1, 0.15) is 20.8 Å². The van der Waals surface area contributed by atoms with Gasteiger partial charge in [-0.15, -0.1) is 11.3 Å². The van der Waals surface area contributed by atoms with Crippen molar-refractivity contribution in [2.45, 2.75) is 30.5 Å². The van der Waals surface area contributed by atoms with Gasteiger partial charge in [0.25, 0.3) is 10.0 Å². The zero-order valence-corrected chi connectivity index (χ0v) is 14.5.